The van der Waals surface area contributed by atoms with Crippen molar-refractivity contribution in [3.05, 3.63) is 17.5 Å². The van der Waals surface area contributed by atoms with Gasteiger partial charge >= 0.3 is 0 Å². The molecule has 5 heteroatoms. The van der Waals surface area contributed by atoms with E-state index in [-0.39, 0.29) is 11.4 Å². The predicted octanol–water partition coefficient (Wildman–Crippen LogP) is 0.965. The third kappa shape index (κ3) is 2.82. The molecule has 1 aromatic rings. The predicted molar refractivity (Wildman–Crippen MR) is 63.2 cm³/mol. The lowest BCUT2D eigenvalue weighted by Gasteiger charge is -2.26. The van der Waals surface area contributed by atoms with Crippen molar-refractivity contribution in [2.24, 2.45) is 5.73 Å². The zero-order chi connectivity index (χ0) is 12.2. The van der Waals surface area contributed by atoms with Crippen molar-refractivity contribution in [3.63, 3.8) is 0 Å². The van der Waals surface area contributed by atoms with Gasteiger partial charge in [-0.05, 0) is 19.8 Å². The van der Waals surface area contributed by atoms with E-state index < -0.39 is 0 Å². The number of rotatable bonds is 5. The summed E-state index contributed by atoms with van der Waals surface area (Å²) in [6, 6.07) is 0. The van der Waals surface area contributed by atoms with E-state index in [1.165, 1.54) is 6.20 Å². The van der Waals surface area contributed by atoms with Gasteiger partial charge in [0.15, 0.2) is 0 Å². The van der Waals surface area contributed by atoms with Crippen molar-refractivity contribution < 1.29 is 4.79 Å². The minimum absolute atomic E-state index is 0.122. The van der Waals surface area contributed by atoms with Crippen molar-refractivity contribution >= 4 is 5.91 Å². The van der Waals surface area contributed by atoms with Gasteiger partial charge in [-0.2, -0.15) is 5.10 Å². The lowest BCUT2D eigenvalue weighted by Crippen LogP contribution is -2.49. The second-order valence-electron chi connectivity index (χ2n) is 4.16. The van der Waals surface area contributed by atoms with Crippen molar-refractivity contribution in [1.29, 1.82) is 0 Å². The molecule has 0 spiro atoms. The highest BCUT2D eigenvalue weighted by Gasteiger charge is 2.21. The number of hydrogen-bond donors (Lipinski definition) is 3. The highest BCUT2D eigenvalue weighted by atomic mass is 16.1. The fourth-order valence-electron chi connectivity index (χ4n) is 1.43. The molecule has 90 valence electrons. The van der Waals surface area contributed by atoms with E-state index in [9.17, 15) is 4.79 Å². The van der Waals surface area contributed by atoms with E-state index in [1.807, 2.05) is 20.8 Å². The number of carbonyl (C=O) groups is 1. The highest BCUT2D eigenvalue weighted by molar-refractivity contribution is 5.94. The van der Waals surface area contributed by atoms with Crippen LogP contribution in [0, 0.1) is 6.92 Å². The number of nitrogens with zero attached hydrogens (tertiary/aromatic N) is 1. The lowest BCUT2D eigenvalue weighted by atomic mass is 9.94. The SMILES string of the molecule is CCC(N)(CC)CNC(=O)c1cn[nH]c1C. The number of amides is 1. The molecule has 0 radical (unpaired) electrons. The lowest BCUT2D eigenvalue weighted by molar-refractivity contribution is 0.0941. The standard InChI is InChI=1S/C11H20N4O/c1-4-11(12,5-2)7-13-10(16)9-6-14-15-8(9)3/h6H,4-5,7,12H2,1-3H3,(H,13,16)(H,14,15). The van der Waals surface area contributed by atoms with Crippen LogP contribution in [-0.4, -0.2) is 28.2 Å². The summed E-state index contributed by atoms with van der Waals surface area (Å²) in [6.45, 7) is 6.36. The van der Waals surface area contributed by atoms with Gasteiger partial charge in [-0.15, -0.1) is 0 Å². The van der Waals surface area contributed by atoms with Gasteiger partial charge < -0.3 is 11.1 Å². The summed E-state index contributed by atoms with van der Waals surface area (Å²) < 4.78 is 0. The molecule has 0 aliphatic heterocycles. The van der Waals surface area contributed by atoms with Crippen LogP contribution in [0.3, 0.4) is 0 Å². The van der Waals surface area contributed by atoms with Gasteiger partial charge in [-0.3, -0.25) is 9.89 Å². The molecule has 0 aromatic carbocycles. The van der Waals surface area contributed by atoms with E-state index >= 15 is 0 Å². The summed E-state index contributed by atoms with van der Waals surface area (Å²) in [5.74, 6) is -0.122. The molecule has 0 saturated heterocycles. The molecule has 0 saturated carbocycles. The maximum Gasteiger partial charge on any atom is 0.254 e. The number of nitrogens with one attached hydrogen (secondary N) is 2. The normalized spacial score (nSPS) is 11.5. The van der Waals surface area contributed by atoms with E-state index in [0.717, 1.165) is 18.5 Å². The fraction of sp³-hybridized carbons (Fsp3) is 0.636. The minimum atomic E-state index is -0.312. The molecule has 1 amide bonds. The van der Waals surface area contributed by atoms with Crippen LogP contribution in [-0.2, 0) is 0 Å². The van der Waals surface area contributed by atoms with Crippen LogP contribution in [0.15, 0.2) is 6.20 Å². The van der Waals surface area contributed by atoms with Crippen molar-refractivity contribution in [1.82, 2.24) is 15.5 Å². The zero-order valence-electron chi connectivity index (χ0n) is 10.1. The summed E-state index contributed by atoms with van der Waals surface area (Å²) in [4.78, 5) is 11.8. The molecule has 5 nitrogen and oxygen atoms in total. The number of nitrogens with two attached hydrogens (primary N) is 1. The first-order valence-electron chi connectivity index (χ1n) is 5.59. The van der Waals surface area contributed by atoms with Gasteiger partial charge in [0, 0.05) is 17.8 Å². The first kappa shape index (κ1) is 12.7. The van der Waals surface area contributed by atoms with Crippen molar-refractivity contribution in [2.45, 2.75) is 39.2 Å². The van der Waals surface area contributed by atoms with Gasteiger partial charge in [0.05, 0.1) is 11.8 Å². The van der Waals surface area contributed by atoms with Crippen molar-refractivity contribution in [3.8, 4) is 0 Å². The number of hydrogen-bond acceptors (Lipinski definition) is 3. The van der Waals surface area contributed by atoms with Gasteiger partial charge in [-0.25, -0.2) is 0 Å². The first-order valence-corrected chi connectivity index (χ1v) is 5.59. The Hall–Kier alpha value is -1.36. The van der Waals surface area contributed by atoms with Crippen LogP contribution in [0.4, 0.5) is 0 Å². The van der Waals surface area contributed by atoms with Gasteiger partial charge in [-0.1, -0.05) is 13.8 Å². The first-order chi connectivity index (χ1) is 7.52. The number of carbonyl (C=O) groups excluding carboxylic acids is 1. The average Bonchev–Trinajstić information content (AvgIpc) is 2.72. The van der Waals surface area contributed by atoms with Crippen LogP contribution in [0.5, 0.6) is 0 Å². The Bertz CT molecular complexity index is 355. The van der Waals surface area contributed by atoms with Gasteiger partial charge in [0.2, 0.25) is 0 Å². The Balaban J connectivity index is 2.57. The topological polar surface area (TPSA) is 83.8 Å². The molecular formula is C11H20N4O. The Kier molecular flexibility index (Phi) is 4.06. The van der Waals surface area contributed by atoms with Crippen LogP contribution in [0.25, 0.3) is 0 Å². The van der Waals surface area contributed by atoms with Crippen LogP contribution < -0.4 is 11.1 Å². The molecule has 0 bridgehead atoms. The Morgan fingerprint density at radius 2 is 2.19 bits per heavy atom. The molecule has 1 rings (SSSR count). The third-order valence-electron chi connectivity index (χ3n) is 3.08. The highest BCUT2D eigenvalue weighted by Crippen LogP contribution is 2.10. The molecule has 1 heterocycles. The molecule has 0 atom stereocenters. The summed E-state index contributed by atoms with van der Waals surface area (Å²) in [5.41, 5.74) is 7.14. The molecule has 0 fully saturated rings. The Morgan fingerprint density at radius 1 is 1.56 bits per heavy atom. The van der Waals surface area contributed by atoms with Crippen LogP contribution in [0.2, 0.25) is 0 Å². The summed E-state index contributed by atoms with van der Waals surface area (Å²) in [7, 11) is 0. The molecule has 0 aliphatic rings. The van der Waals surface area contributed by atoms with Gasteiger partial charge in [0.25, 0.3) is 5.91 Å². The summed E-state index contributed by atoms with van der Waals surface area (Å²) in [5, 5.41) is 9.39. The maximum absolute atomic E-state index is 11.8. The number of aromatic amines is 1. The molecular weight excluding hydrogens is 204 g/mol. The second-order valence-corrected chi connectivity index (χ2v) is 4.16. The van der Waals surface area contributed by atoms with E-state index in [2.05, 4.69) is 15.5 Å². The summed E-state index contributed by atoms with van der Waals surface area (Å²) in [6.07, 6.45) is 3.21. The zero-order valence-corrected chi connectivity index (χ0v) is 10.1. The largest absolute Gasteiger partial charge is 0.350 e. The maximum atomic E-state index is 11.8. The Morgan fingerprint density at radius 3 is 2.62 bits per heavy atom. The van der Waals surface area contributed by atoms with Crippen molar-refractivity contribution in [2.75, 3.05) is 6.54 Å². The molecule has 0 aliphatic carbocycles. The number of aryl methyl sites for hydroxylation is 1. The van der Waals surface area contributed by atoms with Gasteiger partial charge in [0.1, 0.15) is 0 Å². The second kappa shape index (κ2) is 5.12. The third-order valence-corrected chi connectivity index (χ3v) is 3.08. The quantitative estimate of drug-likeness (QED) is 0.696. The monoisotopic (exact) mass is 224 g/mol. The molecule has 4 N–H and O–H groups in total. The van der Waals surface area contributed by atoms with E-state index in [4.69, 9.17) is 5.73 Å². The fourth-order valence-corrected chi connectivity index (χ4v) is 1.43. The minimum Gasteiger partial charge on any atom is -0.350 e. The average molecular weight is 224 g/mol. The summed E-state index contributed by atoms with van der Waals surface area (Å²) >= 11 is 0. The molecule has 0 unspecified atom stereocenters. The molecule has 1 aromatic heterocycles. The van der Waals surface area contributed by atoms with Crippen LogP contribution >= 0.6 is 0 Å². The van der Waals surface area contributed by atoms with E-state index in [1.54, 1.807) is 0 Å². The van der Waals surface area contributed by atoms with E-state index in [0.29, 0.717) is 12.1 Å². The molecule has 16 heavy (non-hydrogen) atoms. The van der Waals surface area contributed by atoms with Crippen LogP contribution in [0.1, 0.15) is 42.7 Å². The Labute approximate surface area is 95.8 Å². The number of aromatic nitrogens is 2. The number of H-pyrrole nitrogens is 1. The smallest absolute Gasteiger partial charge is 0.254 e.